The Hall–Kier alpha value is -3.39. The van der Waals surface area contributed by atoms with Crippen molar-refractivity contribution in [1.82, 2.24) is 10.3 Å². The number of nitrogens with zero attached hydrogens (tertiary/aromatic N) is 2. The first-order valence-corrected chi connectivity index (χ1v) is 16.7. The van der Waals surface area contributed by atoms with E-state index >= 15 is 4.39 Å². The van der Waals surface area contributed by atoms with Gasteiger partial charge in [0.1, 0.15) is 11.6 Å². The number of hydrogen-bond acceptors (Lipinski definition) is 5. The SMILES string of the molecule is N=S1CCC2(CC1)c1c(ccc(C(=O)NCc3ncccc3C(F)(F)F)c1F)N(S(=O)(=O)c1ccc(F)cc1)C2C1CC1. The number of carbonyl (C=O) groups excluding carboxylic acids is 1. The van der Waals surface area contributed by atoms with Crippen LogP contribution in [0, 0.1) is 22.3 Å². The number of amides is 1. The highest BCUT2D eigenvalue weighted by Gasteiger charge is 2.61. The molecule has 3 aromatic rings. The molecule has 43 heavy (non-hydrogen) atoms. The number of hydrogen-bond donors (Lipinski definition) is 2. The Morgan fingerprint density at radius 1 is 1.07 bits per heavy atom. The quantitative estimate of drug-likeness (QED) is 0.338. The van der Waals surface area contributed by atoms with Crippen LogP contribution < -0.4 is 9.62 Å². The van der Waals surface area contributed by atoms with Gasteiger partial charge in [0.15, 0.2) is 0 Å². The molecule has 1 saturated heterocycles. The topological polar surface area (TPSA) is 103 Å². The summed E-state index contributed by atoms with van der Waals surface area (Å²) in [7, 11) is -4.97. The number of carbonyl (C=O) groups is 1. The van der Waals surface area contributed by atoms with Gasteiger partial charge < -0.3 is 5.32 Å². The summed E-state index contributed by atoms with van der Waals surface area (Å²) in [6.07, 6.45) is -1.41. The summed E-state index contributed by atoms with van der Waals surface area (Å²) in [6, 6.07) is 8.21. The van der Waals surface area contributed by atoms with Crippen LogP contribution in [0.15, 0.2) is 59.6 Å². The highest BCUT2D eigenvalue weighted by atomic mass is 32.2. The van der Waals surface area contributed by atoms with Crippen molar-refractivity contribution in [2.24, 2.45) is 5.92 Å². The van der Waals surface area contributed by atoms with Crippen molar-refractivity contribution in [1.29, 1.82) is 4.78 Å². The van der Waals surface area contributed by atoms with Gasteiger partial charge in [0.2, 0.25) is 0 Å². The van der Waals surface area contributed by atoms with E-state index in [1.807, 2.05) is 0 Å². The number of anilines is 1. The molecule has 7 nitrogen and oxygen atoms in total. The second-order valence-corrected chi connectivity index (χ2v) is 14.7. The zero-order valence-electron chi connectivity index (χ0n) is 22.6. The van der Waals surface area contributed by atoms with E-state index < -0.39 is 79.3 Å². The van der Waals surface area contributed by atoms with Crippen LogP contribution >= 0.6 is 0 Å². The molecule has 0 radical (unpaired) electrons. The second kappa shape index (κ2) is 10.7. The summed E-state index contributed by atoms with van der Waals surface area (Å²) in [4.78, 5) is 16.8. The molecular formula is C29H27F5N4O3S2. The average Bonchev–Trinajstić information content (AvgIpc) is 3.76. The summed E-state index contributed by atoms with van der Waals surface area (Å²) < 4.78 is 108. The van der Waals surface area contributed by atoms with E-state index in [1.165, 1.54) is 10.4 Å². The summed E-state index contributed by atoms with van der Waals surface area (Å²) >= 11 is 0. The normalized spacial score (nSPS) is 23.8. The van der Waals surface area contributed by atoms with Crippen LogP contribution in [0.1, 0.15) is 52.9 Å². The van der Waals surface area contributed by atoms with E-state index in [0.717, 1.165) is 61.5 Å². The van der Waals surface area contributed by atoms with E-state index in [9.17, 15) is 30.8 Å². The van der Waals surface area contributed by atoms with E-state index in [2.05, 4.69) is 10.3 Å². The van der Waals surface area contributed by atoms with E-state index in [-0.39, 0.29) is 22.1 Å². The highest BCUT2D eigenvalue weighted by molar-refractivity contribution is 7.93. The average molecular weight is 639 g/mol. The molecule has 1 aromatic heterocycles. The fourth-order valence-corrected chi connectivity index (χ4v) is 9.67. The van der Waals surface area contributed by atoms with Crippen LogP contribution in [0.3, 0.4) is 0 Å². The predicted molar refractivity (Wildman–Crippen MR) is 150 cm³/mol. The van der Waals surface area contributed by atoms with Gasteiger partial charge in [0.05, 0.1) is 40.0 Å². The van der Waals surface area contributed by atoms with Crippen LogP contribution in [0.2, 0.25) is 0 Å². The van der Waals surface area contributed by atoms with Gasteiger partial charge in [0.25, 0.3) is 15.9 Å². The predicted octanol–water partition coefficient (Wildman–Crippen LogP) is 5.71. The Labute approximate surface area is 247 Å². The first-order chi connectivity index (χ1) is 20.3. The molecule has 1 saturated carbocycles. The number of aromatic nitrogens is 1. The molecule has 2 fully saturated rings. The lowest BCUT2D eigenvalue weighted by atomic mass is 9.70. The molecule has 1 spiro atoms. The van der Waals surface area contributed by atoms with Crippen molar-refractivity contribution < 1.29 is 35.2 Å². The molecule has 228 valence electrons. The lowest BCUT2D eigenvalue weighted by molar-refractivity contribution is -0.138. The molecule has 6 rings (SSSR count). The summed E-state index contributed by atoms with van der Waals surface area (Å²) in [5, 5.41) is 2.34. The van der Waals surface area contributed by atoms with Crippen molar-refractivity contribution in [3.8, 4) is 0 Å². The minimum absolute atomic E-state index is 0.0742. The van der Waals surface area contributed by atoms with Crippen molar-refractivity contribution in [2.75, 3.05) is 15.8 Å². The molecule has 2 N–H and O–H groups in total. The van der Waals surface area contributed by atoms with E-state index in [4.69, 9.17) is 4.78 Å². The number of sulfonamides is 1. The number of rotatable bonds is 6. The standard InChI is InChI=1S/C29H27F5N4O3S2/c30-18-5-7-19(8-6-18)43(40,41)38-23-10-9-20(27(39)37-16-22-21(29(32,33)34)2-1-13-36-22)25(31)24(23)28(26(38)17-3-4-17)11-14-42(35)15-12-28/h1-2,5-10,13,17,26,35H,3-4,11-12,14-16H2,(H,37,39). The minimum atomic E-state index is -4.70. The van der Waals surface area contributed by atoms with Crippen LogP contribution in [0.5, 0.6) is 0 Å². The van der Waals surface area contributed by atoms with Crippen molar-refractivity contribution >= 4 is 32.3 Å². The van der Waals surface area contributed by atoms with E-state index in [0.29, 0.717) is 24.3 Å². The number of nitrogens with one attached hydrogen (secondary N) is 2. The van der Waals surface area contributed by atoms with Crippen LogP contribution in [0.4, 0.5) is 27.6 Å². The fraction of sp³-hybridized carbons (Fsp3) is 0.379. The maximum absolute atomic E-state index is 16.6. The third kappa shape index (κ3) is 5.11. The van der Waals surface area contributed by atoms with Gasteiger partial charge in [-0.05, 0) is 80.1 Å². The van der Waals surface area contributed by atoms with Crippen LogP contribution in [-0.4, -0.2) is 36.9 Å². The molecule has 2 aromatic carbocycles. The Morgan fingerprint density at radius 3 is 2.37 bits per heavy atom. The monoisotopic (exact) mass is 638 g/mol. The summed E-state index contributed by atoms with van der Waals surface area (Å²) in [5.41, 5.74) is -2.71. The number of halogens is 5. The van der Waals surface area contributed by atoms with Gasteiger partial charge >= 0.3 is 6.18 Å². The maximum Gasteiger partial charge on any atom is 0.418 e. The summed E-state index contributed by atoms with van der Waals surface area (Å²) in [5.74, 6) is -1.71. The lowest BCUT2D eigenvalue weighted by Crippen LogP contribution is -2.51. The van der Waals surface area contributed by atoms with Crippen molar-refractivity contribution in [3.63, 3.8) is 0 Å². The number of alkyl halides is 3. The van der Waals surface area contributed by atoms with Gasteiger partial charge in [-0.1, -0.05) is 0 Å². The minimum Gasteiger partial charge on any atom is -0.346 e. The highest BCUT2D eigenvalue weighted by Crippen LogP contribution is 2.60. The summed E-state index contributed by atoms with van der Waals surface area (Å²) in [6.45, 7) is -0.604. The smallest absolute Gasteiger partial charge is 0.346 e. The van der Waals surface area contributed by atoms with Gasteiger partial charge in [-0.2, -0.15) is 13.2 Å². The Morgan fingerprint density at radius 2 is 1.74 bits per heavy atom. The number of fused-ring (bicyclic) bond motifs is 2. The van der Waals surface area contributed by atoms with Crippen LogP contribution in [0.25, 0.3) is 0 Å². The maximum atomic E-state index is 16.6. The van der Waals surface area contributed by atoms with Crippen molar-refractivity contribution in [3.05, 3.63) is 88.7 Å². The van der Waals surface area contributed by atoms with Crippen LogP contribution in [-0.2, 0) is 38.9 Å². The molecule has 1 atom stereocenters. The number of pyridine rings is 1. The first-order valence-electron chi connectivity index (χ1n) is 13.7. The molecular weight excluding hydrogens is 611 g/mol. The Balaban J connectivity index is 1.43. The van der Waals surface area contributed by atoms with Gasteiger partial charge in [-0.15, -0.1) is 10.7 Å². The lowest BCUT2D eigenvalue weighted by Gasteiger charge is -2.42. The second-order valence-electron chi connectivity index (χ2n) is 11.1. The molecule has 1 amide bonds. The fourth-order valence-electron chi connectivity index (χ4n) is 6.45. The van der Waals surface area contributed by atoms with Gasteiger partial charge in [0, 0.05) is 28.7 Å². The molecule has 1 unspecified atom stereocenters. The zero-order valence-corrected chi connectivity index (χ0v) is 24.3. The third-order valence-corrected chi connectivity index (χ3v) is 11.8. The largest absolute Gasteiger partial charge is 0.418 e. The third-order valence-electron chi connectivity index (χ3n) is 8.56. The molecule has 1 aliphatic carbocycles. The first kappa shape index (κ1) is 29.7. The molecule has 3 heterocycles. The Bertz CT molecular complexity index is 1720. The molecule has 2 aliphatic heterocycles. The molecule has 14 heteroatoms. The number of benzene rings is 2. The molecule has 0 bridgehead atoms. The Kier molecular flexibility index (Phi) is 7.35. The van der Waals surface area contributed by atoms with E-state index in [1.54, 1.807) is 0 Å². The zero-order chi connectivity index (χ0) is 30.7. The molecule has 3 aliphatic rings. The van der Waals surface area contributed by atoms with Gasteiger partial charge in [-0.25, -0.2) is 17.2 Å². The van der Waals surface area contributed by atoms with Gasteiger partial charge in [-0.3, -0.25) is 18.9 Å². The van der Waals surface area contributed by atoms with Crippen molar-refractivity contribution in [2.45, 2.75) is 54.8 Å².